The minimum absolute atomic E-state index is 0.0222. The molecule has 0 aromatic carbocycles. The summed E-state index contributed by atoms with van der Waals surface area (Å²) in [6.45, 7) is 4.92. The number of amides is 1. The van der Waals surface area contributed by atoms with Crippen LogP contribution in [0, 0.1) is 11.8 Å². The number of piperidine rings is 2. The topological polar surface area (TPSA) is 88.2 Å². The summed E-state index contributed by atoms with van der Waals surface area (Å²) in [7, 11) is -3.57. The normalized spacial score (nSPS) is 34.3. The molecule has 0 aromatic heterocycles. The van der Waals surface area contributed by atoms with Gasteiger partial charge in [0, 0.05) is 45.1 Å². The largest absolute Gasteiger partial charge is 0.353 e. The Balaban J connectivity index is 1.34. The SMILES string of the molecule is C[C@@H]1CCCC[C@H]1NC(=O)[C@@H]1CCCN(S(=O)(=O)N2CCC3(CC2)OCCO3)C1. The summed E-state index contributed by atoms with van der Waals surface area (Å²) in [5, 5.41) is 3.22. The van der Waals surface area contributed by atoms with Gasteiger partial charge in [0.1, 0.15) is 0 Å². The first-order valence-electron chi connectivity index (χ1n) is 11.2. The molecule has 166 valence electrons. The van der Waals surface area contributed by atoms with E-state index in [1.165, 1.54) is 15.0 Å². The molecule has 1 saturated carbocycles. The van der Waals surface area contributed by atoms with E-state index < -0.39 is 16.0 Å². The van der Waals surface area contributed by atoms with Crippen molar-refractivity contribution in [3.05, 3.63) is 0 Å². The summed E-state index contributed by atoms with van der Waals surface area (Å²) in [5.41, 5.74) is 0. The van der Waals surface area contributed by atoms with E-state index in [1.54, 1.807) is 0 Å². The monoisotopic (exact) mass is 429 g/mol. The maximum absolute atomic E-state index is 13.2. The van der Waals surface area contributed by atoms with Gasteiger partial charge in [0.15, 0.2) is 5.79 Å². The summed E-state index contributed by atoms with van der Waals surface area (Å²) in [6.07, 6.45) is 7.17. The molecule has 1 N–H and O–H groups in total. The molecule has 4 aliphatic rings. The molecular formula is C20H35N3O5S. The van der Waals surface area contributed by atoms with Crippen LogP contribution < -0.4 is 5.32 Å². The van der Waals surface area contributed by atoms with E-state index in [4.69, 9.17) is 9.47 Å². The average Bonchev–Trinajstić information content (AvgIpc) is 3.18. The Bertz CT molecular complexity index is 684. The van der Waals surface area contributed by atoms with Crippen molar-refractivity contribution in [2.45, 2.75) is 70.1 Å². The molecule has 1 aliphatic carbocycles. The Kier molecular flexibility index (Phi) is 6.51. The molecule has 29 heavy (non-hydrogen) atoms. The zero-order valence-corrected chi connectivity index (χ0v) is 18.3. The van der Waals surface area contributed by atoms with Crippen LogP contribution in [0.2, 0.25) is 0 Å². The Labute approximate surface area is 174 Å². The van der Waals surface area contributed by atoms with Crippen molar-refractivity contribution in [3.63, 3.8) is 0 Å². The second-order valence-electron chi connectivity index (χ2n) is 9.09. The van der Waals surface area contributed by atoms with Crippen LogP contribution in [0.5, 0.6) is 0 Å². The highest BCUT2D eigenvalue weighted by Gasteiger charge is 2.44. The number of nitrogens with zero attached hydrogens (tertiary/aromatic N) is 2. The lowest BCUT2D eigenvalue weighted by Gasteiger charge is -2.40. The van der Waals surface area contributed by atoms with Gasteiger partial charge in [-0.2, -0.15) is 17.0 Å². The molecule has 3 saturated heterocycles. The van der Waals surface area contributed by atoms with Crippen LogP contribution >= 0.6 is 0 Å². The molecule has 8 nitrogen and oxygen atoms in total. The predicted molar refractivity (Wildman–Crippen MR) is 108 cm³/mol. The molecule has 1 spiro atoms. The van der Waals surface area contributed by atoms with E-state index in [-0.39, 0.29) is 24.4 Å². The first kappa shape index (κ1) is 21.5. The molecule has 4 fully saturated rings. The van der Waals surface area contributed by atoms with Crippen LogP contribution in [0.4, 0.5) is 0 Å². The van der Waals surface area contributed by atoms with Gasteiger partial charge in [-0.05, 0) is 31.6 Å². The van der Waals surface area contributed by atoms with Crippen LogP contribution in [0.3, 0.4) is 0 Å². The Morgan fingerprint density at radius 3 is 2.34 bits per heavy atom. The van der Waals surface area contributed by atoms with E-state index >= 15 is 0 Å². The van der Waals surface area contributed by atoms with Gasteiger partial charge in [0.25, 0.3) is 10.2 Å². The second kappa shape index (κ2) is 8.78. The average molecular weight is 430 g/mol. The first-order valence-corrected chi connectivity index (χ1v) is 12.6. The smallest absolute Gasteiger partial charge is 0.282 e. The number of ether oxygens (including phenoxy) is 2. The summed E-state index contributed by atoms with van der Waals surface area (Å²) < 4.78 is 40.8. The zero-order chi connectivity index (χ0) is 20.5. The van der Waals surface area contributed by atoms with Crippen LogP contribution in [0.15, 0.2) is 0 Å². The lowest BCUT2D eigenvalue weighted by molar-refractivity contribution is -0.179. The van der Waals surface area contributed by atoms with Crippen molar-refractivity contribution in [1.82, 2.24) is 13.9 Å². The summed E-state index contributed by atoms with van der Waals surface area (Å²) in [5.74, 6) is -0.330. The maximum Gasteiger partial charge on any atom is 0.282 e. The molecule has 3 heterocycles. The number of hydrogen-bond donors (Lipinski definition) is 1. The molecule has 0 radical (unpaired) electrons. The highest BCUT2D eigenvalue weighted by atomic mass is 32.2. The van der Waals surface area contributed by atoms with Crippen molar-refractivity contribution >= 4 is 16.1 Å². The van der Waals surface area contributed by atoms with E-state index in [0.717, 1.165) is 32.1 Å². The van der Waals surface area contributed by atoms with Crippen LogP contribution in [-0.2, 0) is 24.5 Å². The van der Waals surface area contributed by atoms with Crippen LogP contribution in [0.25, 0.3) is 0 Å². The van der Waals surface area contributed by atoms with Crippen molar-refractivity contribution in [1.29, 1.82) is 0 Å². The van der Waals surface area contributed by atoms with Gasteiger partial charge in [0.05, 0.1) is 19.1 Å². The number of hydrogen-bond acceptors (Lipinski definition) is 5. The van der Waals surface area contributed by atoms with Gasteiger partial charge in [-0.25, -0.2) is 0 Å². The third kappa shape index (κ3) is 4.63. The van der Waals surface area contributed by atoms with Gasteiger partial charge in [-0.3, -0.25) is 4.79 Å². The minimum atomic E-state index is -3.57. The van der Waals surface area contributed by atoms with E-state index in [1.807, 2.05) is 0 Å². The standard InChI is InChI=1S/C20H35N3O5S/c1-16-5-2-3-7-18(16)21-19(24)17-6-4-10-23(15-17)29(25,26)22-11-8-20(9-12-22)27-13-14-28-20/h16-18H,2-15H2,1H3,(H,21,24)/t16-,17-,18-/m1/s1. The quantitative estimate of drug-likeness (QED) is 0.731. The maximum atomic E-state index is 13.2. The summed E-state index contributed by atoms with van der Waals surface area (Å²) in [4.78, 5) is 12.9. The van der Waals surface area contributed by atoms with Gasteiger partial charge >= 0.3 is 0 Å². The Morgan fingerprint density at radius 2 is 1.66 bits per heavy atom. The van der Waals surface area contributed by atoms with Crippen LogP contribution in [-0.4, -0.2) is 74.2 Å². The molecule has 0 aromatic rings. The molecule has 3 aliphatic heterocycles. The molecule has 3 atom stereocenters. The number of rotatable bonds is 4. The highest BCUT2D eigenvalue weighted by Crippen LogP contribution is 2.33. The first-order chi connectivity index (χ1) is 13.9. The second-order valence-corrected chi connectivity index (χ2v) is 11.0. The number of carbonyl (C=O) groups is 1. The van der Waals surface area contributed by atoms with Gasteiger partial charge in [-0.15, -0.1) is 0 Å². The third-order valence-electron chi connectivity index (χ3n) is 7.14. The van der Waals surface area contributed by atoms with Crippen molar-refractivity contribution < 1.29 is 22.7 Å². The lowest BCUT2D eigenvalue weighted by atomic mass is 9.85. The van der Waals surface area contributed by atoms with Crippen LogP contribution in [0.1, 0.15) is 58.3 Å². The fourth-order valence-corrected chi connectivity index (χ4v) is 6.90. The fourth-order valence-electron chi connectivity index (χ4n) is 5.20. The van der Waals surface area contributed by atoms with Crippen molar-refractivity contribution in [2.75, 3.05) is 39.4 Å². The van der Waals surface area contributed by atoms with Gasteiger partial charge in [0.2, 0.25) is 5.91 Å². The number of carbonyl (C=O) groups excluding carboxylic acids is 1. The molecule has 9 heteroatoms. The third-order valence-corrected chi connectivity index (χ3v) is 9.15. The Morgan fingerprint density at radius 1 is 0.966 bits per heavy atom. The molecular weight excluding hydrogens is 394 g/mol. The highest BCUT2D eigenvalue weighted by molar-refractivity contribution is 7.86. The number of nitrogens with one attached hydrogen (secondary N) is 1. The molecule has 0 bridgehead atoms. The van der Waals surface area contributed by atoms with E-state index in [2.05, 4.69) is 12.2 Å². The van der Waals surface area contributed by atoms with Gasteiger partial charge < -0.3 is 14.8 Å². The fraction of sp³-hybridized carbons (Fsp3) is 0.950. The molecule has 1 amide bonds. The van der Waals surface area contributed by atoms with E-state index in [0.29, 0.717) is 51.6 Å². The predicted octanol–water partition coefficient (Wildman–Crippen LogP) is 1.48. The lowest BCUT2D eigenvalue weighted by Crippen LogP contribution is -2.55. The zero-order valence-electron chi connectivity index (χ0n) is 17.5. The minimum Gasteiger partial charge on any atom is -0.353 e. The molecule has 4 rings (SSSR count). The summed E-state index contributed by atoms with van der Waals surface area (Å²) in [6, 6.07) is 0.230. The Hall–Kier alpha value is -0.740. The van der Waals surface area contributed by atoms with Crippen molar-refractivity contribution in [3.8, 4) is 0 Å². The van der Waals surface area contributed by atoms with E-state index in [9.17, 15) is 13.2 Å². The molecule has 0 unspecified atom stereocenters. The van der Waals surface area contributed by atoms with Gasteiger partial charge in [-0.1, -0.05) is 19.8 Å². The summed E-state index contributed by atoms with van der Waals surface area (Å²) >= 11 is 0. The van der Waals surface area contributed by atoms with Crippen molar-refractivity contribution in [2.24, 2.45) is 11.8 Å².